The molecule has 0 spiro atoms. The van der Waals surface area contributed by atoms with E-state index >= 15 is 0 Å². The molecule has 438 valence electrons. The lowest BCUT2D eigenvalue weighted by atomic mass is 9.88. The van der Waals surface area contributed by atoms with Gasteiger partial charge in [-0.25, -0.2) is 9.13 Å². The van der Waals surface area contributed by atoms with E-state index in [0.29, 0.717) is 0 Å². The summed E-state index contributed by atoms with van der Waals surface area (Å²) in [7, 11) is 8.54. The van der Waals surface area contributed by atoms with Crippen molar-refractivity contribution in [1.29, 1.82) is 0 Å². The zero-order valence-corrected chi connectivity index (χ0v) is 56.7. The van der Waals surface area contributed by atoms with Gasteiger partial charge in [-0.05, 0) is 206 Å². The molecule has 0 bridgehead atoms. The van der Waals surface area contributed by atoms with Crippen LogP contribution in [-0.2, 0) is 28.2 Å². The summed E-state index contributed by atoms with van der Waals surface area (Å²) in [6.45, 7) is 49.2. The molecule has 4 heterocycles. The first-order valence-corrected chi connectivity index (χ1v) is 30.6. The third-order valence-electron chi connectivity index (χ3n) is 16.4. The maximum absolute atomic E-state index is 2.36. The van der Waals surface area contributed by atoms with Crippen LogP contribution in [0.5, 0.6) is 0 Å². The van der Waals surface area contributed by atoms with Gasteiger partial charge in [-0.3, -0.25) is 0 Å². The maximum Gasteiger partial charge on any atom is 0.216 e. The van der Waals surface area contributed by atoms with E-state index in [0.717, 1.165) is 0 Å². The van der Waals surface area contributed by atoms with Gasteiger partial charge < -0.3 is 0 Å². The van der Waals surface area contributed by atoms with Crippen molar-refractivity contribution in [3.63, 3.8) is 0 Å². The first-order chi connectivity index (χ1) is 39.6. The summed E-state index contributed by atoms with van der Waals surface area (Å²) >= 11 is 0. The average molecular weight is 1110 g/mol. The molecule has 6 aromatic carbocycles. The van der Waals surface area contributed by atoms with Gasteiger partial charge in [0.1, 0.15) is 28.2 Å². The van der Waals surface area contributed by atoms with Crippen molar-refractivity contribution in [3.8, 4) is 45.0 Å². The molecule has 0 atom stereocenters. The third-order valence-corrected chi connectivity index (χ3v) is 16.4. The zero-order valence-electron chi connectivity index (χ0n) is 56.7. The van der Waals surface area contributed by atoms with Gasteiger partial charge in [0.15, 0.2) is 18.1 Å². The van der Waals surface area contributed by atoms with Crippen molar-refractivity contribution in [1.82, 2.24) is 0 Å². The molecule has 0 aliphatic heterocycles. The molecule has 83 heavy (non-hydrogen) atoms. The van der Waals surface area contributed by atoms with E-state index in [4.69, 9.17) is 0 Å². The Balaban J connectivity index is 0.000000279. The topological polar surface area (TPSA) is 15.5 Å². The zero-order chi connectivity index (χ0) is 62.6. The highest BCUT2D eigenvalue weighted by atomic mass is 15.0. The Morgan fingerprint density at radius 2 is 0.735 bits per heavy atom. The summed E-state index contributed by atoms with van der Waals surface area (Å²) in [4.78, 5) is 0. The van der Waals surface area contributed by atoms with E-state index in [1.165, 1.54) is 150 Å². The molecule has 0 N–H and O–H groups in total. The van der Waals surface area contributed by atoms with Gasteiger partial charge in [-0.1, -0.05) is 128 Å². The van der Waals surface area contributed by atoms with E-state index in [9.17, 15) is 0 Å². The number of rotatable bonds is 4. The predicted octanol–water partition coefficient (Wildman–Crippen LogP) is 19.7. The second-order valence-electron chi connectivity index (χ2n) is 21.2. The van der Waals surface area contributed by atoms with E-state index in [1.807, 2.05) is 55.4 Å². The van der Waals surface area contributed by atoms with Gasteiger partial charge in [0.2, 0.25) is 28.3 Å². The van der Waals surface area contributed by atoms with E-state index in [2.05, 4.69) is 302 Å². The first kappa shape index (κ1) is 69.7. The SMILES string of the molecule is CC.CC.CC.CC.Cc1cc(C)c(-c2c(C)c(C)c(C)c(C)[n+]2C)c(C)c1C.Cc1ccc(-c2cc(C)c(C)c(C)c2C)[n+](C)c1.Cc1ccccc1-c1cc2ccccc2c[n+]1C.Cc1ccccc1-c1ccc2ccccc2[n+]1C. The highest BCUT2D eigenvalue weighted by Crippen LogP contribution is 2.34. The maximum atomic E-state index is 2.36. The van der Waals surface area contributed by atoms with Gasteiger partial charge in [0.05, 0.1) is 5.56 Å². The number of pyridine rings is 4. The van der Waals surface area contributed by atoms with E-state index < -0.39 is 0 Å². The molecular weight excluding hydrogens is 1000 g/mol. The Kier molecular flexibility index (Phi) is 27.6. The summed E-state index contributed by atoms with van der Waals surface area (Å²) in [6.07, 6.45) is 4.37. The second kappa shape index (κ2) is 32.9. The summed E-state index contributed by atoms with van der Waals surface area (Å²) in [5.41, 5.74) is 32.4. The Bertz CT molecular complexity index is 3680. The number of hydrogen-bond acceptors (Lipinski definition) is 0. The predicted molar refractivity (Wildman–Crippen MR) is 364 cm³/mol. The first-order valence-electron chi connectivity index (χ1n) is 30.6. The van der Waals surface area contributed by atoms with Crippen molar-refractivity contribution < 1.29 is 18.3 Å². The molecule has 4 nitrogen and oxygen atoms in total. The average Bonchev–Trinajstić information content (AvgIpc) is 3.70. The quantitative estimate of drug-likeness (QED) is 0.156. The Labute approximate surface area is 505 Å². The molecule has 0 saturated heterocycles. The second-order valence-corrected chi connectivity index (χ2v) is 21.2. The molecule has 10 aromatic rings. The molecule has 0 amide bonds. The van der Waals surface area contributed by atoms with Crippen LogP contribution in [0.25, 0.3) is 66.7 Å². The van der Waals surface area contributed by atoms with Crippen molar-refractivity contribution >= 4 is 21.7 Å². The van der Waals surface area contributed by atoms with Gasteiger partial charge in [0.25, 0.3) is 0 Å². The number of aryl methyl sites for hydroxylation is 9. The Morgan fingerprint density at radius 3 is 1.30 bits per heavy atom. The Hall–Kier alpha value is -7.56. The molecule has 10 rings (SSSR count). The highest BCUT2D eigenvalue weighted by molar-refractivity contribution is 5.84. The minimum Gasteiger partial charge on any atom is -0.201 e. The molecule has 0 unspecified atom stereocenters. The number of nitrogens with zero attached hydrogens (tertiary/aromatic N) is 4. The number of hydrogen-bond donors (Lipinski definition) is 0. The Morgan fingerprint density at radius 1 is 0.277 bits per heavy atom. The van der Waals surface area contributed by atoms with E-state index in [1.54, 1.807) is 0 Å². The third kappa shape index (κ3) is 16.4. The van der Waals surface area contributed by atoms with Crippen LogP contribution < -0.4 is 18.3 Å². The van der Waals surface area contributed by atoms with E-state index in [-0.39, 0.29) is 0 Å². The van der Waals surface area contributed by atoms with Crippen LogP contribution in [0, 0.1) is 104 Å². The summed E-state index contributed by atoms with van der Waals surface area (Å²) < 4.78 is 9.04. The van der Waals surface area contributed by atoms with Crippen LogP contribution in [0.1, 0.15) is 139 Å². The molecule has 0 aliphatic rings. The van der Waals surface area contributed by atoms with Gasteiger partial charge in [-0.2, -0.15) is 9.13 Å². The summed E-state index contributed by atoms with van der Waals surface area (Å²) in [5.74, 6) is 0. The largest absolute Gasteiger partial charge is 0.216 e. The fraction of sp³-hybridized carbons (Fsp3) is 0.342. The van der Waals surface area contributed by atoms with Crippen LogP contribution in [0.2, 0.25) is 0 Å². The normalized spacial score (nSPS) is 10.1. The summed E-state index contributed by atoms with van der Waals surface area (Å²) in [6, 6.07) is 49.7. The standard InChI is InChI=1S/C20H28N.2C17H16N.C17H22N.4C2H6/c1-11-10-12(2)19(16(6)13(11)3)20-17(7)14(4)15(5)18(8)21(20)9;1-13-7-3-6-10-16(13)17-11-14-8-4-5-9-15(14)12-18(17)2;1-13-7-3-5-9-15(13)17-12-11-14-8-4-6-10-16(14)18(17)2;1-11-7-8-17(18(6)10-11)16-9-12(2)13(3)14(4)15(16)5;4*1-2/h10H,1-9H3;2*3-12H,1-2H3;7-10H,1-6H3;4*1-2H3/q4*+1;;;;. The number of para-hydroxylation sites is 1. The summed E-state index contributed by atoms with van der Waals surface area (Å²) in [5, 5.41) is 3.84. The highest BCUT2D eigenvalue weighted by Gasteiger charge is 2.25. The monoisotopic (exact) mass is 1110 g/mol. The lowest BCUT2D eigenvalue weighted by Crippen LogP contribution is -2.37. The lowest BCUT2D eigenvalue weighted by Gasteiger charge is -2.18. The minimum absolute atomic E-state index is 1.26. The molecule has 4 aromatic heterocycles. The molecule has 4 heteroatoms. The fourth-order valence-corrected chi connectivity index (χ4v) is 10.8. The molecule has 0 aliphatic carbocycles. The van der Waals surface area contributed by atoms with Gasteiger partial charge in [-0.15, -0.1) is 0 Å². The van der Waals surface area contributed by atoms with Crippen LogP contribution >= 0.6 is 0 Å². The minimum atomic E-state index is 1.26. The van der Waals surface area contributed by atoms with Crippen LogP contribution in [0.15, 0.2) is 152 Å². The van der Waals surface area contributed by atoms with Crippen molar-refractivity contribution in [2.24, 2.45) is 28.2 Å². The van der Waals surface area contributed by atoms with Crippen LogP contribution in [-0.4, -0.2) is 0 Å². The van der Waals surface area contributed by atoms with Crippen molar-refractivity contribution in [3.05, 3.63) is 236 Å². The van der Waals surface area contributed by atoms with Crippen LogP contribution in [0.3, 0.4) is 0 Å². The van der Waals surface area contributed by atoms with Crippen molar-refractivity contribution in [2.75, 3.05) is 0 Å². The molecular formula is C79H106N4+4. The molecule has 0 radical (unpaired) electrons. The fourth-order valence-electron chi connectivity index (χ4n) is 10.8. The number of fused-ring (bicyclic) bond motifs is 2. The molecule has 0 fully saturated rings. The van der Waals surface area contributed by atoms with Crippen LogP contribution in [0.4, 0.5) is 0 Å². The van der Waals surface area contributed by atoms with Gasteiger partial charge >= 0.3 is 0 Å². The number of benzene rings is 6. The molecule has 0 saturated carbocycles. The number of aromatic nitrogens is 4. The van der Waals surface area contributed by atoms with Gasteiger partial charge in [0, 0.05) is 75.3 Å². The van der Waals surface area contributed by atoms with Crippen molar-refractivity contribution in [2.45, 2.75) is 159 Å². The lowest BCUT2D eigenvalue weighted by molar-refractivity contribution is -0.667. The smallest absolute Gasteiger partial charge is 0.201 e.